The number of carbonyl (C=O) groups is 2. The maximum Gasteiger partial charge on any atom is 0.335 e. The largest absolute Gasteiger partial charge is 0.483 e. The molecule has 0 spiro atoms. The standard InChI is InChI=1S/C14H19NO4/c1-9(2)15(4)13(16)8-19-12-7-11(14(17)18)6-5-10(12)3/h5-7,9H,8H2,1-4H3,(H,17,18). The second-order valence-electron chi connectivity index (χ2n) is 4.67. The van der Waals surface area contributed by atoms with Gasteiger partial charge in [0, 0.05) is 13.1 Å². The molecule has 0 radical (unpaired) electrons. The SMILES string of the molecule is Cc1ccc(C(=O)O)cc1OCC(=O)N(C)C(C)C. The molecule has 0 aliphatic heterocycles. The fraction of sp³-hybridized carbons (Fsp3) is 0.429. The van der Waals surface area contributed by atoms with Gasteiger partial charge in [-0.05, 0) is 38.5 Å². The second-order valence-corrected chi connectivity index (χ2v) is 4.67. The van der Waals surface area contributed by atoms with E-state index in [2.05, 4.69) is 0 Å². The van der Waals surface area contributed by atoms with Gasteiger partial charge in [-0.15, -0.1) is 0 Å². The number of carboxylic acid groups (broad SMARTS) is 1. The number of carbonyl (C=O) groups excluding carboxylic acids is 1. The van der Waals surface area contributed by atoms with Crippen molar-refractivity contribution in [2.24, 2.45) is 0 Å². The Morgan fingerprint density at radius 2 is 2.00 bits per heavy atom. The summed E-state index contributed by atoms with van der Waals surface area (Å²) in [7, 11) is 1.71. The van der Waals surface area contributed by atoms with Crippen molar-refractivity contribution in [2.45, 2.75) is 26.8 Å². The third-order valence-corrected chi connectivity index (χ3v) is 2.95. The Labute approximate surface area is 112 Å². The summed E-state index contributed by atoms with van der Waals surface area (Å²) < 4.78 is 5.41. The van der Waals surface area contributed by atoms with Crippen LogP contribution in [-0.2, 0) is 4.79 Å². The molecule has 0 aliphatic carbocycles. The monoisotopic (exact) mass is 265 g/mol. The van der Waals surface area contributed by atoms with Gasteiger partial charge in [-0.25, -0.2) is 4.79 Å². The number of likely N-dealkylation sites (N-methyl/N-ethyl adjacent to an activating group) is 1. The zero-order valence-corrected chi connectivity index (χ0v) is 11.6. The molecular formula is C14H19NO4. The van der Waals surface area contributed by atoms with Crippen molar-refractivity contribution in [3.8, 4) is 5.75 Å². The van der Waals surface area contributed by atoms with Crippen LogP contribution >= 0.6 is 0 Å². The molecule has 19 heavy (non-hydrogen) atoms. The number of ether oxygens (including phenoxy) is 1. The Kier molecular flexibility index (Phi) is 4.92. The van der Waals surface area contributed by atoms with Crippen molar-refractivity contribution in [1.29, 1.82) is 0 Å². The number of hydrogen-bond acceptors (Lipinski definition) is 3. The van der Waals surface area contributed by atoms with Crippen LogP contribution in [0.4, 0.5) is 0 Å². The highest BCUT2D eigenvalue weighted by atomic mass is 16.5. The molecule has 1 rings (SSSR count). The van der Waals surface area contributed by atoms with Crippen LogP contribution in [0, 0.1) is 6.92 Å². The van der Waals surface area contributed by atoms with E-state index in [1.807, 2.05) is 13.8 Å². The van der Waals surface area contributed by atoms with Gasteiger partial charge >= 0.3 is 5.97 Å². The van der Waals surface area contributed by atoms with Crippen LogP contribution in [0.3, 0.4) is 0 Å². The number of nitrogens with zero attached hydrogens (tertiary/aromatic N) is 1. The van der Waals surface area contributed by atoms with Crippen LogP contribution in [0.2, 0.25) is 0 Å². The molecule has 0 fully saturated rings. The van der Waals surface area contributed by atoms with Gasteiger partial charge in [-0.1, -0.05) is 6.07 Å². The molecule has 0 bridgehead atoms. The zero-order valence-electron chi connectivity index (χ0n) is 11.6. The Bertz CT molecular complexity index is 482. The molecule has 0 saturated heterocycles. The van der Waals surface area contributed by atoms with Crippen molar-refractivity contribution in [2.75, 3.05) is 13.7 Å². The molecule has 5 nitrogen and oxygen atoms in total. The average molecular weight is 265 g/mol. The summed E-state index contributed by atoms with van der Waals surface area (Å²) in [5.41, 5.74) is 0.940. The average Bonchev–Trinajstić information content (AvgIpc) is 2.35. The van der Waals surface area contributed by atoms with Crippen LogP contribution in [0.1, 0.15) is 29.8 Å². The summed E-state index contributed by atoms with van der Waals surface area (Å²) in [6, 6.07) is 4.70. The molecule has 1 aromatic rings. The first-order valence-corrected chi connectivity index (χ1v) is 6.05. The molecule has 1 aromatic carbocycles. The molecule has 104 valence electrons. The predicted molar refractivity (Wildman–Crippen MR) is 71.5 cm³/mol. The van der Waals surface area contributed by atoms with E-state index in [9.17, 15) is 9.59 Å². The first-order chi connectivity index (χ1) is 8.82. The number of hydrogen-bond donors (Lipinski definition) is 1. The topological polar surface area (TPSA) is 66.8 Å². The fourth-order valence-electron chi connectivity index (χ4n) is 1.42. The van der Waals surface area contributed by atoms with Gasteiger partial charge in [-0.2, -0.15) is 0 Å². The summed E-state index contributed by atoms with van der Waals surface area (Å²) in [5.74, 6) is -0.740. The number of aromatic carboxylic acids is 1. The lowest BCUT2D eigenvalue weighted by molar-refractivity contribution is -0.133. The molecule has 5 heteroatoms. The number of amides is 1. The van der Waals surface area contributed by atoms with Crippen LogP contribution in [-0.4, -0.2) is 41.6 Å². The first kappa shape index (κ1) is 15.0. The predicted octanol–water partition coefficient (Wildman–Crippen LogP) is 1.94. The van der Waals surface area contributed by atoms with Crippen molar-refractivity contribution in [3.05, 3.63) is 29.3 Å². The van der Waals surface area contributed by atoms with E-state index in [0.717, 1.165) is 5.56 Å². The number of aryl methyl sites for hydroxylation is 1. The van der Waals surface area contributed by atoms with Gasteiger partial charge < -0.3 is 14.7 Å². The van der Waals surface area contributed by atoms with E-state index in [1.165, 1.54) is 12.1 Å². The molecule has 1 N–H and O–H groups in total. The number of rotatable bonds is 5. The number of benzene rings is 1. The van der Waals surface area contributed by atoms with E-state index < -0.39 is 5.97 Å². The van der Waals surface area contributed by atoms with Gasteiger partial charge in [0.1, 0.15) is 5.75 Å². The second kappa shape index (κ2) is 6.22. The third kappa shape index (κ3) is 3.98. The quantitative estimate of drug-likeness (QED) is 0.883. The van der Waals surface area contributed by atoms with Crippen LogP contribution in [0.15, 0.2) is 18.2 Å². The molecule has 0 atom stereocenters. The van der Waals surface area contributed by atoms with E-state index in [-0.39, 0.29) is 24.1 Å². The number of carboxylic acids is 1. The zero-order chi connectivity index (χ0) is 14.6. The maximum atomic E-state index is 11.8. The Morgan fingerprint density at radius 3 is 2.53 bits per heavy atom. The third-order valence-electron chi connectivity index (χ3n) is 2.95. The lowest BCUT2D eigenvalue weighted by Crippen LogP contribution is -2.36. The minimum atomic E-state index is -1.02. The van der Waals surface area contributed by atoms with E-state index in [4.69, 9.17) is 9.84 Å². The van der Waals surface area contributed by atoms with Gasteiger partial charge in [0.15, 0.2) is 6.61 Å². The molecule has 0 unspecified atom stereocenters. The normalized spacial score (nSPS) is 10.4. The molecule has 0 heterocycles. The van der Waals surface area contributed by atoms with Crippen LogP contribution in [0.5, 0.6) is 5.75 Å². The Morgan fingerprint density at radius 1 is 1.37 bits per heavy atom. The van der Waals surface area contributed by atoms with Crippen LogP contribution < -0.4 is 4.74 Å². The lowest BCUT2D eigenvalue weighted by atomic mass is 10.1. The molecule has 0 aromatic heterocycles. The molecule has 0 aliphatic rings. The first-order valence-electron chi connectivity index (χ1n) is 6.05. The highest BCUT2D eigenvalue weighted by molar-refractivity contribution is 5.88. The minimum Gasteiger partial charge on any atom is -0.483 e. The Hall–Kier alpha value is -2.04. The summed E-state index contributed by atoms with van der Waals surface area (Å²) in [4.78, 5) is 24.2. The molecule has 0 saturated carbocycles. The van der Waals surface area contributed by atoms with Crippen molar-refractivity contribution < 1.29 is 19.4 Å². The Balaban J connectivity index is 2.75. The lowest BCUT2D eigenvalue weighted by Gasteiger charge is -2.21. The summed E-state index contributed by atoms with van der Waals surface area (Å²) >= 11 is 0. The van der Waals surface area contributed by atoms with E-state index in [0.29, 0.717) is 5.75 Å². The van der Waals surface area contributed by atoms with Crippen molar-refractivity contribution in [1.82, 2.24) is 4.90 Å². The fourth-order valence-corrected chi connectivity index (χ4v) is 1.42. The van der Waals surface area contributed by atoms with Gasteiger partial charge in [0.25, 0.3) is 5.91 Å². The highest BCUT2D eigenvalue weighted by Crippen LogP contribution is 2.19. The van der Waals surface area contributed by atoms with Crippen LogP contribution in [0.25, 0.3) is 0 Å². The van der Waals surface area contributed by atoms with E-state index >= 15 is 0 Å². The van der Waals surface area contributed by atoms with Crippen molar-refractivity contribution in [3.63, 3.8) is 0 Å². The van der Waals surface area contributed by atoms with E-state index in [1.54, 1.807) is 24.9 Å². The summed E-state index contributed by atoms with van der Waals surface area (Å²) in [6.07, 6.45) is 0. The minimum absolute atomic E-state index is 0.0986. The molecular weight excluding hydrogens is 246 g/mol. The summed E-state index contributed by atoms with van der Waals surface area (Å²) in [6.45, 7) is 5.53. The highest BCUT2D eigenvalue weighted by Gasteiger charge is 2.14. The van der Waals surface area contributed by atoms with Gasteiger partial charge in [0.2, 0.25) is 0 Å². The van der Waals surface area contributed by atoms with Crippen molar-refractivity contribution >= 4 is 11.9 Å². The molecule has 1 amide bonds. The summed E-state index contributed by atoms with van der Waals surface area (Å²) in [5, 5.41) is 8.91. The van der Waals surface area contributed by atoms with Gasteiger partial charge in [0.05, 0.1) is 5.56 Å². The van der Waals surface area contributed by atoms with Gasteiger partial charge in [-0.3, -0.25) is 4.79 Å². The smallest absolute Gasteiger partial charge is 0.335 e. The maximum absolute atomic E-state index is 11.8.